The number of amides is 1. The van der Waals surface area contributed by atoms with Gasteiger partial charge in [0.1, 0.15) is 17.3 Å². The number of benzene rings is 3. The summed E-state index contributed by atoms with van der Waals surface area (Å²) >= 11 is 0. The van der Waals surface area contributed by atoms with E-state index in [1.54, 1.807) is 31.3 Å². The number of fused-ring (bicyclic) bond motifs is 1. The van der Waals surface area contributed by atoms with E-state index in [-0.39, 0.29) is 17.5 Å². The lowest BCUT2D eigenvalue weighted by Crippen LogP contribution is -2.18. The average Bonchev–Trinajstić information content (AvgIpc) is 3.57. The first-order chi connectivity index (χ1) is 16.6. The predicted octanol–water partition coefficient (Wildman–Crippen LogP) is 5.08. The van der Waals surface area contributed by atoms with Gasteiger partial charge in [-0.25, -0.2) is 8.78 Å². The third-order valence-electron chi connectivity index (χ3n) is 5.52. The molecule has 3 aromatic carbocycles. The number of carbonyl (C=O) groups is 1. The fourth-order valence-corrected chi connectivity index (χ4v) is 3.86. The summed E-state index contributed by atoms with van der Waals surface area (Å²) in [6.07, 6.45) is 2.78. The molecule has 7 heteroatoms. The quantitative estimate of drug-likeness (QED) is 0.341. The van der Waals surface area contributed by atoms with Crippen molar-refractivity contribution in [3.63, 3.8) is 0 Å². The molecule has 34 heavy (non-hydrogen) atoms. The summed E-state index contributed by atoms with van der Waals surface area (Å²) in [7, 11) is 3.06. The molecule has 0 spiro atoms. The maximum Gasteiger partial charge on any atom is 0.268 e. The number of rotatable bonds is 3. The van der Waals surface area contributed by atoms with E-state index in [0.29, 0.717) is 5.69 Å². The van der Waals surface area contributed by atoms with Gasteiger partial charge in [0.25, 0.3) is 5.91 Å². The maximum atomic E-state index is 13.3. The average molecular weight is 465 g/mol. The molecule has 1 aromatic heterocycles. The first-order valence-corrected chi connectivity index (χ1v) is 11.2. The number of hydrogen-bond acceptors (Lipinski definition) is 3. The van der Waals surface area contributed by atoms with Crippen molar-refractivity contribution < 1.29 is 13.6 Å². The third kappa shape index (κ3) is 5.87. The molecule has 0 aliphatic carbocycles. The van der Waals surface area contributed by atoms with Gasteiger partial charge in [-0.1, -0.05) is 36.4 Å². The lowest BCUT2D eigenvalue weighted by molar-refractivity contribution is 0.0959. The van der Waals surface area contributed by atoms with E-state index in [9.17, 15) is 13.6 Å². The molecule has 1 fully saturated rings. The molecule has 1 saturated heterocycles. The number of halogens is 2. The zero-order valence-corrected chi connectivity index (χ0v) is 19.4. The molecule has 0 saturated carbocycles. The second-order valence-electron chi connectivity index (χ2n) is 7.69. The van der Waals surface area contributed by atoms with Crippen molar-refractivity contribution in [3.8, 4) is 22.3 Å². The molecule has 0 bridgehead atoms. The monoisotopic (exact) mass is 464 g/mol. The number of aromatic nitrogens is 1. The van der Waals surface area contributed by atoms with Crippen molar-refractivity contribution in [2.24, 2.45) is 5.73 Å². The molecule has 5 rings (SSSR count). The lowest BCUT2D eigenvalue weighted by Gasteiger charge is -2.05. The molecule has 0 atom stereocenters. The molecule has 5 nitrogen and oxygen atoms in total. The minimum Gasteiger partial charge on any atom is -0.354 e. The molecule has 5 N–H and O–H groups in total. The summed E-state index contributed by atoms with van der Waals surface area (Å²) in [6, 6.07) is 18.0. The summed E-state index contributed by atoms with van der Waals surface area (Å²) in [5.41, 5.74) is 8.92. The Morgan fingerprint density at radius 3 is 1.85 bits per heavy atom. The molecule has 1 amide bonds. The van der Waals surface area contributed by atoms with Gasteiger partial charge < -0.3 is 21.4 Å². The molecule has 0 unspecified atom stereocenters. The Kier molecular flexibility index (Phi) is 8.90. The van der Waals surface area contributed by atoms with Crippen molar-refractivity contribution >= 4 is 16.8 Å². The van der Waals surface area contributed by atoms with Gasteiger partial charge in [-0.2, -0.15) is 0 Å². The summed E-state index contributed by atoms with van der Waals surface area (Å²) in [5, 5.41) is 6.71. The molecular weight excluding hydrogens is 434 g/mol. The van der Waals surface area contributed by atoms with Crippen LogP contribution in [0.1, 0.15) is 23.3 Å². The molecule has 0 radical (unpaired) electrons. The van der Waals surface area contributed by atoms with Gasteiger partial charge in [0, 0.05) is 23.5 Å². The van der Waals surface area contributed by atoms with Crippen LogP contribution in [0.3, 0.4) is 0 Å². The van der Waals surface area contributed by atoms with Crippen molar-refractivity contribution in [2.75, 3.05) is 27.2 Å². The number of hydrogen-bond donors (Lipinski definition) is 4. The van der Waals surface area contributed by atoms with E-state index in [1.807, 2.05) is 18.2 Å². The zero-order valence-electron chi connectivity index (χ0n) is 19.4. The molecular formula is C27H30F2N4O. The number of carbonyl (C=O) groups excluding carboxylic acids is 1. The highest BCUT2D eigenvalue weighted by atomic mass is 19.1. The molecule has 178 valence electrons. The van der Waals surface area contributed by atoms with E-state index in [4.69, 9.17) is 0 Å². The van der Waals surface area contributed by atoms with Crippen LogP contribution in [0, 0.1) is 11.6 Å². The predicted molar refractivity (Wildman–Crippen MR) is 135 cm³/mol. The molecule has 1 aliphatic heterocycles. The number of H-pyrrole nitrogens is 1. The number of nitrogens with two attached hydrogens (primary N) is 1. The second kappa shape index (κ2) is 12.1. The highest BCUT2D eigenvalue weighted by molar-refractivity contribution is 6.10. The van der Waals surface area contributed by atoms with Gasteiger partial charge in [-0.15, -0.1) is 0 Å². The normalized spacial score (nSPS) is 12.4. The Morgan fingerprint density at radius 2 is 1.35 bits per heavy atom. The number of nitrogens with one attached hydrogen (secondary N) is 3. The van der Waals surface area contributed by atoms with Crippen molar-refractivity contribution in [3.05, 3.63) is 84.1 Å². The lowest BCUT2D eigenvalue weighted by atomic mass is 9.99. The van der Waals surface area contributed by atoms with Crippen LogP contribution in [0.15, 0.2) is 66.7 Å². The SMILES string of the molecule is C1CCNC1.CN.CNC(=O)c1[nH]c2cc(-c3ccc(F)cc3)ccc2c1-c1ccc(F)cc1. The fourth-order valence-electron chi connectivity index (χ4n) is 3.86. The van der Waals surface area contributed by atoms with Crippen molar-refractivity contribution in [2.45, 2.75) is 12.8 Å². The van der Waals surface area contributed by atoms with Gasteiger partial charge in [0.2, 0.25) is 0 Å². The maximum absolute atomic E-state index is 13.3. The Morgan fingerprint density at radius 1 is 0.824 bits per heavy atom. The van der Waals surface area contributed by atoms with Crippen LogP contribution in [0.5, 0.6) is 0 Å². The van der Waals surface area contributed by atoms with E-state index < -0.39 is 0 Å². The minimum atomic E-state index is -0.335. The van der Waals surface area contributed by atoms with Gasteiger partial charge >= 0.3 is 0 Å². The first kappa shape index (κ1) is 25.1. The molecule has 2 heterocycles. The van der Waals surface area contributed by atoms with Crippen LogP contribution < -0.4 is 16.4 Å². The van der Waals surface area contributed by atoms with E-state index in [2.05, 4.69) is 21.4 Å². The summed E-state index contributed by atoms with van der Waals surface area (Å²) in [4.78, 5) is 15.5. The highest BCUT2D eigenvalue weighted by Crippen LogP contribution is 2.35. The van der Waals surface area contributed by atoms with Crippen LogP contribution in [0.4, 0.5) is 8.78 Å². The Hall–Kier alpha value is -3.55. The van der Waals surface area contributed by atoms with Crippen LogP contribution in [-0.4, -0.2) is 38.1 Å². The van der Waals surface area contributed by atoms with Crippen LogP contribution in [0.25, 0.3) is 33.2 Å². The largest absolute Gasteiger partial charge is 0.354 e. The van der Waals surface area contributed by atoms with E-state index in [1.165, 1.54) is 57.2 Å². The van der Waals surface area contributed by atoms with Gasteiger partial charge in [0.05, 0.1) is 0 Å². The van der Waals surface area contributed by atoms with Gasteiger partial charge in [-0.05, 0) is 80.0 Å². The van der Waals surface area contributed by atoms with Crippen molar-refractivity contribution in [1.82, 2.24) is 15.6 Å². The first-order valence-electron chi connectivity index (χ1n) is 11.2. The smallest absolute Gasteiger partial charge is 0.268 e. The standard InChI is InChI=1S/C22H16F2N2O.C4H9N.CH5N/c1-25-22(27)21-20(14-4-9-17(24)10-5-14)18-11-6-15(12-19(18)26-21)13-2-7-16(23)8-3-13;1-2-4-5-3-1;1-2/h2-12,26H,1H3,(H,25,27);5H,1-4H2;2H2,1H3. The van der Waals surface area contributed by atoms with E-state index >= 15 is 0 Å². The second-order valence-corrected chi connectivity index (χ2v) is 7.69. The van der Waals surface area contributed by atoms with Crippen LogP contribution >= 0.6 is 0 Å². The highest BCUT2D eigenvalue weighted by Gasteiger charge is 2.19. The Bertz CT molecular complexity index is 1210. The summed E-state index contributed by atoms with van der Waals surface area (Å²) < 4.78 is 26.5. The Balaban J connectivity index is 0.000000404. The van der Waals surface area contributed by atoms with Gasteiger partial charge in [-0.3, -0.25) is 4.79 Å². The summed E-state index contributed by atoms with van der Waals surface area (Å²) in [5.74, 6) is -0.882. The van der Waals surface area contributed by atoms with Crippen LogP contribution in [-0.2, 0) is 0 Å². The fraction of sp³-hybridized carbons (Fsp3) is 0.222. The zero-order chi connectivity index (χ0) is 24.5. The van der Waals surface area contributed by atoms with Crippen LogP contribution in [0.2, 0.25) is 0 Å². The summed E-state index contributed by atoms with van der Waals surface area (Å²) in [6.45, 7) is 2.50. The topological polar surface area (TPSA) is 82.9 Å². The van der Waals surface area contributed by atoms with Crippen molar-refractivity contribution in [1.29, 1.82) is 0 Å². The van der Waals surface area contributed by atoms with E-state index in [0.717, 1.165) is 33.2 Å². The molecule has 4 aromatic rings. The third-order valence-corrected chi connectivity index (χ3v) is 5.52. The number of aromatic amines is 1. The molecule has 1 aliphatic rings. The van der Waals surface area contributed by atoms with Gasteiger partial charge in [0.15, 0.2) is 0 Å². The minimum absolute atomic E-state index is 0.256. The Labute approximate surface area is 198 Å².